The van der Waals surface area contributed by atoms with Gasteiger partial charge in [0.05, 0.1) is 12.0 Å². The van der Waals surface area contributed by atoms with Gasteiger partial charge in [-0.1, -0.05) is 0 Å². The van der Waals surface area contributed by atoms with Crippen LogP contribution in [0.2, 0.25) is 0 Å². The highest BCUT2D eigenvalue weighted by molar-refractivity contribution is 6.04. The number of anilines is 1. The van der Waals surface area contributed by atoms with E-state index in [0.29, 0.717) is 23.0 Å². The molecule has 24 heavy (non-hydrogen) atoms. The number of nitrogens with one attached hydrogen (secondary N) is 2. The van der Waals surface area contributed by atoms with E-state index in [0.717, 1.165) is 0 Å². The summed E-state index contributed by atoms with van der Waals surface area (Å²) in [5.74, 6) is 0.781. The molecule has 0 saturated heterocycles. The summed E-state index contributed by atoms with van der Waals surface area (Å²) in [6, 6.07) is 10.4. The van der Waals surface area contributed by atoms with Gasteiger partial charge in [-0.3, -0.25) is 9.89 Å². The lowest BCUT2D eigenvalue weighted by molar-refractivity contribution is 0.102. The van der Waals surface area contributed by atoms with Crippen molar-refractivity contribution in [2.45, 2.75) is 0 Å². The maximum Gasteiger partial charge on any atom is 0.276 e. The van der Waals surface area contributed by atoms with Crippen LogP contribution in [0.4, 0.5) is 5.69 Å². The number of H-pyrrole nitrogens is 1. The monoisotopic (exact) mass is 320 g/mol. The molecule has 0 bridgehead atoms. The molecule has 8 heteroatoms. The molecular formula is C16H12N6O2. The molecule has 8 nitrogen and oxygen atoms in total. The minimum atomic E-state index is -0.356. The van der Waals surface area contributed by atoms with Crippen LogP contribution >= 0.6 is 0 Å². The van der Waals surface area contributed by atoms with Crippen LogP contribution in [0.1, 0.15) is 10.5 Å². The van der Waals surface area contributed by atoms with Crippen molar-refractivity contribution in [1.82, 2.24) is 25.0 Å². The summed E-state index contributed by atoms with van der Waals surface area (Å²) in [5.41, 5.74) is 1.41. The van der Waals surface area contributed by atoms with Crippen LogP contribution in [0.25, 0.3) is 17.3 Å². The van der Waals surface area contributed by atoms with Gasteiger partial charge in [-0.2, -0.15) is 10.2 Å². The molecule has 4 aromatic heterocycles. The lowest BCUT2D eigenvalue weighted by Crippen LogP contribution is -2.15. The van der Waals surface area contributed by atoms with E-state index in [2.05, 4.69) is 25.6 Å². The van der Waals surface area contributed by atoms with Crippen molar-refractivity contribution >= 4 is 11.6 Å². The number of carbonyl (C=O) groups excluding carboxylic acids is 1. The number of nitrogens with zero attached hydrogens (tertiary/aromatic N) is 4. The molecule has 0 saturated carbocycles. The Balaban J connectivity index is 1.59. The Morgan fingerprint density at radius 2 is 2.17 bits per heavy atom. The number of rotatable bonds is 4. The van der Waals surface area contributed by atoms with Gasteiger partial charge in [-0.05, 0) is 30.3 Å². The highest BCUT2D eigenvalue weighted by Gasteiger charge is 2.15. The second-order valence-electron chi connectivity index (χ2n) is 4.92. The molecule has 0 aliphatic heterocycles. The zero-order valence-electron chi connectivity index (χ0n) is 12.4. The number of carbonyl (C=O) groups is 1. The third-order valence-electron chi connectivity index (χ3n) is 3.35. The van der Waals surface area contributed by atoms with E-state index < -0.39 is 0 Å². The average Bonchev–Trinajstić information content (AvgIpc) is 3.35. The summed E-state index contributed by atoms with van der Waals surface area (Å²) in [7, 11) is 0. The van der Waals surface area contributed by atoms with Gasteiger partial charge >= 0.3 is 0 Å². The van der Waals surface area contributed by atoms with Crippen LogP contribution in [-0.4, -0.2) is 30.9 Å². The quantitative estimate of drug-likeness (QED) is 0.601. The Hall–Kier alpha value is -3.68. The molecule has 0 unspecified atom stereocenters. The van der Waals surface area contributed by atoms with Gasteiger partial charge in [-0.15, -0.1) is 0 Å². The number of hydrogen-bond donors (Lipinski definition) is 2. The van der Waals surface area contributed by atoms with Gasteiger partial charge in [0.25, 0.3) is 5.91 Å². The van der Waals surface area contributed by atoms with Crippen LogP contribution < -0.4 is 5.32 Å². The maximum absolute atomic E-state index is 12.4. The number of amides is 1. The smallest absolute Gasteiger partial charge is 0.276 e. The third-order valence-corrected chi connectivity index (χ3v) is 3.35. The average molecular weight is 320 g/mol. The van der Waals surface area contributed by atoms with Gasteiger partial charge < -0.3 is 9.73 Å². The number of aromatic nitrogens is 5. The fraction of sp³-hybridized carbons (Fsp3) is 0. The van der Waals surface area contributed by atoms with E-state index in [-0.39, 0.29) is 11.6 Å². The first-order chi connectivity index (χ1) is 11.8. The van der Waals surface area contributed by atoms with Gasteiger partial charge in [0.1, 0.15) is 5.69 Å². The molecule has 0 atom stereocenters. The zero-order valence-corrected chi connectivity index (χ0v) is 12.4. The van der Waals surface area contributed by atoms with Crippen molar-refractivity contribution in [3.05, 3.63) is 66.9 Å². The minimum absolute atomic E-state index is 0.247. The fourth-order valence-electron chi connectivity index (χ4n) is 2.25. The molecule has 0 spiro atoms. The lowest BCUT2D eigenvalue weighted by atomic mass is 10.3. The SMILES string of the molecule is O=C(Nc1cccnc1-n1cccn1)c1cc(-c2ccco2)[nH]n1. The molecule has 0 aliphatic carbocycles. The largest absolute Gasteiger partial charge is 0.463 e. The van der Waals surface area contributed by atoms with Crippen molar-refractivity contribution in [3.63, 3.8) is 0 Å². The summed E-state index contributed by atoms with van der Waals surface area (Å²) < 4.78 is 6.85. The maximum atomic E-state index is 12.4. The van der Waals surface area contributed by atoms with Gasteiger partial charge in [0.2, 0.25) is 0 Å². The van der Waals surface area contributed by atoms with E-state index in [9.17, 15) is 4.79 Å². The van der Waals surface area contributed by atoms with Crippen molar-refractivity contribution < 1.29 is 9.21 Å². The lowest BCUT2D eigenvalue weighted by Gasteiger charge is -2.08. The number of hydrogen-bond acceptors (Lipinski definition) is 5. The normalized spacial score (nSPS) is 10.7. The Morgan fingerprint density at radius 1 is 1.21 bits per heavy atom. The molecular weight excluding hydrogens is 308 g/mol. The Kier molecular flexibility index (Phi) is 3.39. The number of furan rings is 1. The molecule has 0 aromatic carbocycles. The summed E-state index contributed by atoms with van der Waals surface area (Å²) in [6.45, 7) is 0. The summed E-state index contributed by atoms with van der Waals surface area (Å²) in [5, 5.41) is 13.7. The molecule has 4 heterocycles. The molecule has 0 aliphatic rings. The first-order valence-corrected chi connectivity index (χ1v) is 7.17. The molecule has 0 radical (unpaired) electrons. The summed E-state index contributed by atoms with van der Waals surface area (Å²) in [6.07, 6.45) is 6.59. The number of aromatic amines is 1. The third kappa shape index (κ3) is 2.56. The highest BCUT2D eigenvalue weighted by Crippen LogP contribution is 2.20. The zero-order chi connectivity index (χ0) is 16.4. The summed E-state index contributed by atoms with van der Waals surface area (Å²) >= 11 is 0. The second kappa shape index (κ2) is 5.84. The standard InChI is InChI=1S/C16H12N6O2/c23-16(13-10-12(20-21-13)14-5-2-9-24-14)19-11-4-1-6-17-15(11)22-8-3-7-18-22/h1-10H,(H,19,23)(H,20,21). The molecule has 4 rings (SSSR count). The second-order valence-corrected chi connectivity index (χ2v) is 4.92. The van der Waals surface area contributed by atoms with Crippen molar-refractivity contribution in [3.8, 4) is 17.3 Å². The van der Waals surface area contributed by atoms with Crippen molar-refractivity contribution in [1.29, 1.82) is 0 Å². The molecule has 118 valence electrons. The van der Waals surface area contributed by atoms with E-state index in [4.69, 9.17) is 4.42 Å². The molecule has 0 fully saturated rings. The fourth-order valence-corrected chi connectivity index (χ4v) is 2.25. The topological polar surface area (TPSA) is 102 Å². The molecule has 2 N–H and O–H groups in total. The van der Waals surface area contributed by atoms with E-state index in [1.54, 1.807) is 65.9 Å². The predicted octanol–water partition coefficient (Wildman–Crippen LogP) is 2.50. The first kappa shape index (κ1) is 13.9. The van der Waals surface area contributed by atoms with Crippen LogP contribution in [-0.2, 0) is 0 Å². The Bertz CT molecular complexity index is 956. The van der Waals surface area contributed by atoms with E-state index >= 15 is 0 Å². The Labute approximate surface area is 136 Å². The van der Waals surface area contributed by atoms with Crippen LogP contribution in [0.3, 0.4) is 0 Å². The van der Waals surface area contributed by atoms with Crippen molar-refractivity contribution in [2.24, 2.45) is 0 Å². The van der Waals surface area contributed by atoms with Gasteiger partial charge in [-0.25, -0.2) is 9.67 Å². The predicted molar refractivity (Wildman–Crippen MR) is 85.6 cm³/mol. The Morgan fingerprint density at radius 3 is 2.96 bits per heavy atom. The van der Waals surface area contributed by atoms with Gasteiger partial charge in [0, 0.05) is 24.7 Å². The highest BCUT2D eigenvalue weighted by atomic mass is 16.3. The van der Waals surface area contributed by atoms with Crippen LogP contribution in [0.15, 0.2) is 65.7 Å². The molecule has 4 aromatic rings. The summed E-state index contributed by atoms with van der Waals surface area (Å²) in [4.78, 5) is 16.7. The van der Waals surface area contributed by atoms with Crippen LogP contribution in [0.5, 0.6) is 0 Å². The van der Waals surface area contributed by atoms with E-state index in [1.807, 2.05) is 0 Å². The van der Waals surface area contributed by atoms with E-state index in [1.165, 1.54) is 0 Å². The van der Waals surface area contributed by atoms with Crippen molar-refractivity contribution in [2.75, 3.05) is 5.32 Å². The minimum Gasteiger partial charge on any atom is -0.463 e. The number of pyridine rings is 1. The molecule has 1 amide bonds. The van der Waals surface area contributed by atoms with Gasteiger partial charge in [0.15, 0.2) is 17.3 Å². The van der Waals surface area contributed by atoms with Crippen LogP contribution in [0, 0.1) is 0 Å². The first-order valence-electron chi connectivity index (χ1n) is 7.17.